The standard InChI is InChI=1S/C10H24N2O/c1-7-9(11(3)4)13-10(8-2)12(5)6/h9-10H,7-8H2,1-6H3. The van der Waals surface area contributed by atoms with E-state index in [0.717, 1.165) is 12.8 Å². The molecule has 0 radical (unpaired) electrons. The van der Waals surface area contributed by atoms with Gasteiger partial charge in [0, 0.05) is 0 Å². The van der Waals surface area contributed by atoms with Crippen molar-refractivity contribution in [1.29, 1.82) is 0 Å². The van der Waals surface area contributed by atoms with Crippen LogP contribution < -0.4 is 0 Å². The second-order valence-corrected chi connectivity index (χ2v) is 3.79. The van der Waals surface area contributed by atoms with Gasteiger partial charge in [-0.2, -0.15) is 0 Å². The van der Waals surface area contributed by atoms with Gasteiger partial charge in [-0.1, -0.05) is 13.8 Å². The van der Waals surface area contributed by atoms with E-state index < -0.39 is 0 Å². The molecule has 0 amide bonds. The molecule has 0 aromatic rings. The molecular weight excluding hydrogens is 164 g/mol. The second kappa shape index (κ2) is 6.35. The van der Waals surface area contributed by atoms with Gasteiger partial charge in [0.2, 0.25) is 0 Å². The number of hydrogen-bond donors (Lipinski definition) is 0. The zero-order valence-corrected chi connectivity index (χ0v) is 9.87. The van der Waals surface area contributed by atoms with Crippen molar-refractivity contribution in [1.82, 2.24) is 9.80 Å². The molecule has 13 heavy (non-hydrogen) atoms. The van der Waals surface area contributed by atoms with Gasteiger partial charge in [-0.3, -0.25) is 9.80 Å². The maximum absolute atomic E-state index is 5.92. The van der Waals surface area contributed by atoms with Crippen LogP contribution >= 0.6 is 0 Å². The van der Waals surface area contributed by atoms with Crippen LogP contribution in [0.5, 0.6) is 0 Å². The van der Waals surface area contributed by atoms with Crippen molar-refractivity contribution in [2.45, 2.75) is 39.1 Å². The lowest BCUT2D eigenvalue weighted by Crippen LogP contribution is -2.39. The quantitative estimate of drug-likeness (QED) is 0.589. The third kappa shape index (κ3) is 4.60. The summed E-state index contributed by atoms with van der Waals surface area (Å²) in [5.41, 5.74) is 0. The van der Waals surface area contributed by atoms with Crippen LogP contribution in [0.4, 0.5) is 0 Å². The molecule has 0 saturated heterocycles. The Labute approximate surface area is 82.7 Å². The molecule has 3 nitrogen and oxygen atoms in total. The average molecular weight is 188 g/mol. The number of nitrogens with zero attached hydrogens (tertiary/aromatic N) is 2. The van der Waals surface area contributed by atoms with Crippen molar-refractivity contribution < 1.29 is 4.74 Å². The van der Waals surface area contributed by atoms with Crippen LogP contribution in [0.15, 0.2) is 0 Å². The first kappa shape index (κ1) is 12.9. The first-order valence-corrected chi connectivity index (χ1v) is 5.01. The van der Waals surface area contributed by atoms with E-state index in [1.807, 2.05) is 0 Å². The van der Waals surface area contributed by atoms with Gasteiger partial charge in [0.25, 0.3) is 0 Å². The molecule has 0 N–H and O–H groups in total. The normalized spacial score (nSPS) is 16.6. The molecule has 0 heterocycles. The molecule has 2 atom stereocenters. The van der Waals surface area contributed by atoms with Gasteiger partial charge in [-0.25, -0.2) is 0 Å². The van der Waals surface area contributed by atoms with Crippen molar-refractivity contribution >= 4 is 0 Å². The van der Waals surface area contributed by atoms with E-state index >= 15 is 0 Å². The van der Waals surface area contributed by atoms with Crippen LogP contribution in [0, 0.1) is 0 Å². The molecule has 0 aliphatic heterocycles. The maximum atomic E-state index is 5.92. The number of ether oxygens (including phenoxy) is 1. The fraction of sp³-hybridized carbons (Fsp3) is 1.00. The van der Waals surface area contributed by atoms with Crippen molar-refractivity contribution in [3.05, 3.63) is 0 Å². The van der Waals surface area contributed by atoms with E-state index in [-0.39, 0.29) is 12.5 Å². The highest BCUT2D eigenvalue weighted by Crippen LogP contribution is 2.09. The van der Waals surface area contributed by atoms with Gasteiger partial charge in [0.15, 0.2) is 0 Å². The largest absolute Gasteiger partial charge is 0.345 e. The molecule has 0 saturated carbocycles. The topological polar surface area (TPSA) is 15.7 Å². The molecule has 2 unspecified atom stereocenters. The highest BCUT2D eigenvalue weighted by Gasteiger charge is 2.16. The Balaban J connectivity index is 4.03. The van der Waals surface area contributed by atoms with Gasteiger partial charge in [0.1, 0.15) is 12.5 Å². The van der Waals surface area contributed by atoms with E-state index in [1.165, 1.54) is 0 Å². The minimum Gasteiger partial charge on any atom is -0.345 e. The Morgan fingerprint density at radius 1 is 0.846 bits per heavy atom. The van der Waals surface area contributed by atoms with Gasteiger partial charge < -0.3 is 4.74 Å². The predicted octanol–water partition coefficient (Wildman–Crippen LogP) is 1.60. The predicted molar refractivity (Wildman–Crippen MR) is 56.6 cm³/mol. The summed E-state index contributed by atoms with van der Waals surface area (Å²) in [6.45, 7) is 4.29. The maximum Gasteiger partial charge on any atom is 0.111 e. The van der Waals surface area contributed by atoms with Crippen LogP contribution in [0.3, 0.4) is 0 Å². The van der Waals surface area contributed by atoms with Crippen LogP contribution in [0.1, 0.15) is 26.7 Å². The minimum atomic E-state index is 0.229. The van der Waals surface area contributed by atoms with Crippen LogP contribution in [0.25, 0.3) is 0 Å². The van der Waals surface area contributed by atoms with E-state index in [9.17, 15) is 0 Å². The minimum absolute atomic E-state index is 0.229. The summed E-state index contributed by atoms with van der Waals surface area (Å²) >= 11 is 0. The average Bonchev–Trinajstić information content (AvgIpc) is 2.05. The summed E-state index contributed by atoms with van der Waals surface area (Å²) in [5, 5.41) is 0. The molecule has 0 rings (SSSR count). The fourth-order valence-corrected chi connectivity index (χ4v) is 1.35. The first-order chi connectivity index (χ1) is 6.02. The molecule has 0 aliphatic carbocycles. The first-order valence-electron chi connectivity index (χ1n) is 5.01. The lowest BCUT2D eigenvalue weighted by molar-refractivity contribution is -0.133. The molecule has 0 bridgehead atoms. The summed E-state index contributed by atoms with van der Waals surface area (Å²) in [4.78, 5) is 4.23. The monoisotopic (exact) mass is 188 g/mol. The summed E-state index contributed by atoms with van der Waals surface area (Å²) in [6, 6.07) is 0. The Hall–Kier alpha value is -0.120. The SMILES string of the molecule is CCC(OC(CC)N(C)C)N(C)C. The molecular formula is C10H24N2O. The van der Waals surface area contributed by atoms with E-state index in [2.05, 4.69) is 51.8 Å². The third-order valence-corrected chi connectivity index (χ3v) is 2.16. The summed E-state index contributed by atoms with van der Waals surface area (Å²) in [6.07, 6.45) is 2.51. The molecule has 80 valence electrons. The van der Waals surface area contributed by atoms with Crippen molar-refractivity contribution in [2.75, 3.05) is 28.2 Å². The molecule has 0 aliphatic rings. The van der Waals surface area contributed by atoms with Crippen LogP contribution in [-0.4, -0.2) is 50.4 Å². The van der Waals surface area contributed by atoms with E-state index in [4.69, 9.17) is 4.74 Å². The lowest BCUT2D eigenvalue weighted by atomic mass is 10.3. The van der Waals surface area contributed by atoms with Gasteiger partial charge in [-0.15, -0.1) is 0 Å². The molecule has 0 fully saturated rings. The Morgan fingerprint density at radius 2 is 1.15 bits per heavy atom. The smallest absolute Gasteiger partial charge is 0.111 e. The molecule has 0 aromatic carbocycles. The Kier molecular flexibility index (Phi) is 6.29. The van der Waals surface area contributed by atoms with Gasteiger partial charge in [0.05, 0.1) is 0 Å². The number of rotatable bonds is 6. The molecule has 3 heteroatoms. The summed E-state index contributed by atoms with van der Waals surface area (Å²) < 4.78 is 5.92. The Morgan fingerprint density at radius 3 is 1.31 bits per heavy atom. The lowest BCUT2D eigenvalue weighted by Gasteiger charge is -2.31. The van der Waals surface area contributed by atoms with Crippen molar-refractivity contribution in [2.24, 2.45) is 0 Å². The molecule has 0 aromatic heterocycles. The second-order valence-electron chi connectivity index (χ2n) is 3.79. The Bertz CT molecular complexity index is 112. The fourth-order valence-electron chi connectivity index (χ4n) is 1.35. The highest BCUT2D eigenvalue weighted by molar-refractivity contribution is 4.57. The highest BCUT2D eigenvalue weighted by atomic mass is 16.5. The summed E-state index contributed by atoms with van der Waals surface area (Å²) in [7, 11) is 8.21. The van der Waals surface area contributed by atoms with E-state index in [0.29, 0.717) is 0 Å². The zero-order chi connectivity index (χ0) is 10.4. The van der Waals surface area contributed by atoms with E-state index in [1.54, 1.807) is 0 Å². The third-order valence-electron chi connectivity index (χ3n) is 2.16. The van der Waals surface area contributed by atoms with Crippen LogP contribution in [-0.2, 0) is 4.74 Å². The van der Waals surface area contributed by atoms with Crippen LogP contribution in [0.2, 0.25) is 0 Å². The number of hydrogen-bond acceptors (Lipinski definition) is 3. The molecule has 0 spiro atoms. The van der Waals surface area contributed by atoms with Crippen molar-refractivity contribution in [3.63, 3.8) is 0 Å². The van der Waals surface area contributed by atoms with Gasteiger partial charge in [-0.05, 0) is 41.0 Å². The van der Waals surface area contributed by atoms with Gasteiger partial charge >= 0.3 is 0 Å². The summed E-state index contributed by atoms with van der Waals surface area (Å²) in [5.74, 6) is 0. The zero-order valence-electron chi connectivity index (χ0n) is 9.87. The van der Waals surface area contributed by atoms with Crippen molar-refractivity contribution in [3.8, 4) is 0 Å².